The molecule has 0 unspecified atom stereocenters. The lowest BCUT2D eigenvalue weighted by molar-refractivity contribution is 0.143. The molecule has 2 N–H and O–H groups in total. The molecule has 0 aromatic carbocycles. The first-order chi connectivity index (χ1) is 9.22. The Kier molecular flexibility index (Phi) is 5.86. The van der Waals surface area contributed by atoms with Crippen molar-refractivity contribution in [3.63, 3.8) is 0 Å². The fourth-order valence-electron chi connectivity index (χ4n) is 3.04. The van der Waals surface area contributed by atoms with Crippen molar-refractivity contribution in [2.24, 2.45) is 5.73 Å². The van der Waals surface area contributed by atoms with Crippen molar-refractivity contribution in [2.75, 3.05) is 6.54 Å². The first-order valence-electron chi connectivity index (χ1n) is 7.80. The molecule has 108 valence electrons. The first-order valence-corrected chi connectivity index (χ1v) is 8.61. The van der Waals surface area contributed by atoms with E-state index in [-0.39, 0.29) is 0 Å². The monoisotopic (exact) mass is 280 g/mol. The molecule has 2 nitrogen and oxygen atoms in total. The van der Waals surface area contributed by atoms with E-state index in [0.717, 1.165) is 19.0 Å². The third-order valence-corrected chi connectivity index (χ3v) is 5.41. The van der Waals surface area contributed by atoms with Gasteiger partial charge in [-0.1, -0.05) is 13.8 Å². The third kappa shape index (κ3) is 4.30. The van der Waals surface area contributed by atoms with Crippen molar-refractivity contribution in [3.05, 3.63) is 21.9 Å². The molecule has 1 aromatic heterocycles. The van der Waals surface area contributed by atoms with E-state index in [0.29, 0.717) is 6.04 Å². The lowest BCUT2D eigenvalue weighted by Gasteiger charge is -2.35. The third-order valence-electron chi connectivity index (χ3n) is 4.19. The molecule has 0 bridgehead atoms. The molecule has 0 amide bonds. The van der Waals surface area contributed by atoms with E-state index >= 15 is 0 Å². The Hall–Kier alpha value is -0.380. The smallest absolute Gasteiger partial charge is 0.0330 e. The Morgan fingerprint density at radius 1 is 1.16 bits per heavy atom. The molecular formula is C16H28N2S. The van der Waals surface area contributed by atoms with Gasteiger partial charge in [-0.15, -0.1) is 11.3 Å². The van der Waals surface area contributed by atoms with E-state index in [1.165, 1.54) is 48.4 Å². The van der Waals surface area contributed by atoms with Crippen molar-refractivity contribution >= 4 is 11.3 Å². The highest BCUT2D eigenvalue weighted by Crippen LogP contribution is 2.26. The largest absolute Gasteiger partial charge is 0.328 e. The SMILES string of the molecule is CCCN(Cc1ccc(CC)s1)C1CCC(N)CC1. The molecule has 1 aliphatic rings. The molecule has 1 saturated carbocycles. The van der Waals surface area contributed by atoms with Gasteiger partial charge in [0, 0.05) is 28.4 Å². The summed E-state index contributed by atoms with van der Waals surface area (Å²) in [6.07, 6.45) is 7.39. The van der Waals surface area contributed by atoms with Crippen LogP contribution in [0.5, 0.6) is 0 Å². The quantitative estimate of drug-likeness (QED) is 0.859. The minimum absolute atomic E-state index is 0.452. The summed E-state index contributed by atoms with van der Waals surface area (Å²) < 4.78 is 0. The van der Waals surface area contributed by atoms with Gasteiger partial charge in [0.1, 0.15) is 0 Å². The zero-order valence-corrected chi connectivity index (χ0v) is 13.2. The molecule has 3 heteroatoms. The maximum atomic E-state index is 6.03. The van der Waals surface area contributed by atoms with E-state index in [1.807, 2.05) is 11.3 Å². The lowest BCUT2D eigenvalue weighted by Crippen LogP contribution is -2.40. The van der Waals surface area contributed by atoms with Crippen molar-refractivity contribution in [1.82, 2.24) is 4.90 Å². The van der Waals surface area contributed by atoms with Gasteiger partial charge in [-0.2, -0.15) is 0 Å². The molecule has 1 aromatic rings. The van der Waals surface area contributed by atoms with Gasteiger partial charge in [-0.05, 0) is 57.2 Å². The Morgan fingerprint density at radius 2 is 1.84 bits per heavy atom. The molecule has 1 aliphatic carbocycles. The number of aryl methyl sites for hydroxylation is 1. The van der Waals surface area contributed by atoms with Gasteiger partial charge in [-0.3, -0.25) is 4.90 Å². The summed E-state index contributed by atoms with van der Waals surface area (Å²) in [4.78, 5) is 5.73. The molecule has 1 fully saturated rings. The molecule has 0 aliphatic heterocycles. The summed E-state index contributed by atoms with van der Waals surface area (Å²) in [5.41, 5.74) is 6.03. The Balaban J connectivity index is 1.95. The minimum atomic E-state index is 0.452. The van der Waals surface area contributed by atoms with E-state index < -0.39 is 0 Å². The fourth-order valence-corrected chi connectivity index (χ4v) is 4.03. The second kappa shape index (κ2) is 7.41. The average Bonchev–Trinajstić information content (AvgIpc) is 2.87. The van der Waals surface area contributed by atoms with Gasteiger partial charge in [0.2, 0.25) is 0 Å². The number of hydrogen-bond acceptors (Lipinski definition) is 3. The second-order valence-corrected chi connectivity index (χ2v) is 7.01. The Labute approximate surface area is 122 Å². The van der Waals surface area contributed by atoms with Crippen molar-refractivity contribution in [1.29, 1.82) is 0 Å². The van der Waals surface area contributed by atoms with Crippen LogP contribution in [0.15, 0.2) is 12.1 Å². The zero-order chi connectivity index (χ0) is 13.7. The number of thiophene rings is 1. The maximum Gasteiger partial charge on any atom is 0.0330 e. The summed E-state index contributed by atoms with van der Waals surface area (Å²) in [6, 6.07) is 5.82. The van der Waals surface area contributed by atoms with E-state index in [1.54, 1.807) is 0 Å². The van der Waals surface area contributed by atoms with Crippen LogP contribution in [0.2, 0.25) is 0 Å². The van der Waals surface area contributed by atoms with Gasteiger partial charge in [0.15, 0.2) is 0 Å². The van der Waals surface area contributed by atoms with Crippen molar-refractivity contribution in [2.45, 2.75) is 71.0 Å². The number of rotatable bonds is 6. The van der Waals surface area contributed by atoms with Gasteiger partial charge >= 0.3 is 0 Å². The highest BCUT2D eigenvalue weighted by atomic mass is 32.1. The van der Waals surface area contributed by atoms with E-state index in [4.69, 9.17) is 5.73 Å². The molecule has 0 spiro atoms. The molecule has 0 radical (unpaired) electrons. The standard InChI is InChI=1S/C16H28N2S/c1-3-11-18(14-7-5-13(17)6-8-14)12-16-10-9-15(4-2)19-16/h9-10,13-14H,3-8,11-12,17H2,1-2H3. The van der Waals surface area contributed by atoms with Crippen LogP contribution in [0, 0.1) is 0 Å². The fraction of sp³-hybridized carbons (Fsp3) is 0.750. The van der Waals surface area contributed by atoms with Crippen LogP contribution in [0.3, 0.4) is 0 Å². The van der Waals surface area contributed by atoms with Crippen molar-refractivity contribution in [3.8, 4) is 0 Å². The summed E-state index contributed by atoms with van der Waals surface area (Å²) >= 11 is 1.99. The molecule has 19 heavy (non-hydrogen) atoms. The van der Waals surface area contributed by atoms with Gasteiger partial charge < -0.3 is 5.73 Å². The van der Waals surface area contributed by atoms with Crippen LogP contribution < -0.4 is 5.73 Å². The number of nitrogens with zero attached hydrogens (tertiary/aromatic N) is 1. The van der Waals surface area contributed by atoms with E-state index in [2.05, 4.69) is 30.9 Å². The topological polar surface area (TPSA) is 29.3 Å². The second-order valence-electron chi connectivity index (χ2n) is 5.76. The van der Waals surface area contributed by atoms with Crippen LogP contribution in [0.25, 0.3) is 0 Å². The number of hydrogen-bond donors (Lipinski definition) is 1. The number of nitrogens with two attached hydrogens (primary N) is 1. The highest BCUT2D eigenvalue weighted by molar-refractivity contribution is 7.11. The maximum absolute atomic E-state index is 6.03. The highest BCUT2D eigenvalue weighted by Gasteiger charge is 2.24. The normalized spacial score (nSPS) is 24.0. The lowest BCUT2D eigenvalue weighted by atomic mass is 9.90. The van der Waals surface area contributed by atoms with Crippen LogP contribution in [0.4, 0.5) is 0 Å². The van der Waals surface area contributed by atoms with Crippen LogP contribution in [-0.2, 0) is 13.0 Å². The van der Waals surface area contributed by atoms with Crippen LogP contribution >= 0.6 is 11.3 Å². The summed E-state index contributed by atoms with van der Waals surface area (Å²) in [5, 5.41) is 0. The zero-order valence-electron chi connectivity index (χ0n) is 12.4. The predicted molar refractivity (Wildman–Crippen MR) is 84.6 cm³/mol. The summed E-state index contributed by atoms with van der Waals surface area (Å²) in [7, 11) is 0. The minimum Gasteiger partial charge on any atom is -0.328 e. The first kappa shape index (κ1) is 15.0. The predicted octanol–water partition coefficient (Wildman–Crippen LogP) is 3.79. The van der Waals surface area contributed by atoms with Crippen LogP contribution in [0.1, 0.15) is 55.7 Å². The van der Waals surface area contributed by atoms with Crippen molar-refractivity contribution < 1.29 is 0 Å². The molecule has 1 heterocycles. The molecule has 0 saturated heterocycles. The van der Waals surface area contributed by atoms with Gasteiger partial charge in [-0.25, -0.2) is 0 Å². The average molecular weight is 280 g/mol. The summed E-state index contributed by atoms with van der Waals surface area (Å²) in [6.45, 7) is 6.88. The molecular weight excluding hydrogens is 252 g/mol. The summed E-state index contributed by atoms with van der Waals surface area (Å²) in [5.74, 6) is 0. The Morgan fingerprint density at radius 3 is 2.42 bits per heavy atom. The van der Waals surface area contributed by atoms with Crippen LogP contribution in [-0.4, -0.2) is 23.5 Å². The van der Waals surface area contributed by atoms with Gasteiger partial charge in [0.05, 0.1) is 0 Å². The van der Waals surface area contributed by atoms with E-state index in [9.17, 15) is 0 Å². The van der Waals surface area contributed by atoms with Gasteiger partial charge in [0.25, 0.3) is 0 Å². The molecule has 0 atom stereocenters. The molecule has 2 rings (SSSR count). The Bertz CT molecular complexity index is 367.